The molecule has 1 atom stereocenters. The molecule has 1 heterocycles. The van der Waals surface area contributed by atoms with E-state index in [1.54, 1.807) is 4.90 Å². The number of amides is 4. The zero-order chi connectivity index (χ0) is 20.1. The number of hydrogen-bond donors (Lipinski definition) is 2. The van der Waals surface area contributed by atoms with Gasteiger partial charge in [-0.25, -0.2) is 4.79 Å². The van der Waals surface area contributed by atoms with Crippen molar-refractivity contribution < 1.29 is 14.4 Å². The minimum Gasteiger partial charge on any atom is -0.339 e. The number of hydrogen-bond acceptors (Lipinski definition) is 3. The van der Waals surface area contributed by atoms with E-state index in [9.17, 15) is 14.4 Å². The topological polar surface area (TPSA) is 81.8 Å². The maximum atomic E-state index is 13.0. The third kappa shape index (κ3) is 5.24. The highest BCUT2D eigenvalue weighted by Crippen LogP contribution is 2.31. The Bertz CT molecular complexity index is 695. The van der Waals surface area contributed by atoms with Crippen LogP contribution in [0, 0.1) is 11.8 Å². The molecule has 1 saturated carbocycles. The lowest BCUT2D eigenvalue weighted by Crippen LogP contribution is -2.58. The first kappa shape index (κ1) is 20.2. The van der Waals surface area contributed by atoms with Gasteiger partial charge in [-0.1, -0.05) is 44.2 Å². The average molecular weight is 386 g/mol. The van der Waals surface area contributed by atoms with E-state index in [0.29, 0.717) is 32.7 Å². The van der Waals surface area contributed by atoms with Gasteiger partial charge in [-0.05, 0) is 24.3 Å². The van der Waals surface area contributed by atoms with Gasteiger partial charge in [-0.2, -0.15) is 0 Å². The van der Waals surface area contributed by atoms with Gasteiger partial charge in [0.25, 0.3) is 0 Å². The summed E-state index contributed by atoms with van der Waals surface area (Å²) in [6, 6.07) is 8.71. The molecule has 152 valence electrons. The number of rotatable bonds is 6. The molecule has 0 bridgehead atoms. The van der Waals surface area contributed by atoms with E-state index in [4.69, 9.17) is 0 Å². The van der Waals surface area contributed by atoms with Crippen LogP contribution in [0.25, 0.3) is 0 Å². The van der Waals surface area contributed by atoms with E-state index in [2.05, 4.69) is 10.6 Å². The molecule has 1 aromatic rings. The summed E-state index contributed by atoms with van der Waals surface area (Å²) in [7, 11) is 0. The largest absolute Gasteiger partial charge is 0.339 e. The summed E-state index contributed by atoms with van der Waals surface area (Å²) in [5, 5.41) is 5.63. The van der Waals surface area contributed by atoms with Crippen molar-refractivity contribution in [2.45, 2.75) is 39.3 Å². The quantitative estimate of drug-likeness (QED) is 0.779. The summed E-state index contributed by atoms with van der Waals surface area (Å²) in [6.07, 6.45) is 1.99. The van der Waals surface area contributed by atoms with Gasteiger partial charge < -0.3 is 20.4 Å². The summed E-state index contributed by atoms with van der Waals surface area (Å²) in [6.45, 7) is 6.45. The van der Waals surface area contributed by atoms with Crippen molar-refractivity contribution in [1.82, 2.24) is 20.4 Å². The maximum absolute atomic E-state index is 13.0. The molecule has 7 heteroatoms. The highest BCUT2D eigenvalue weighted by atomic mass is 16.2. The minimum absolute atomic E-state index is 0.0268. The molecular weight excluding hydrogens is 356 g/mol. The Hall–Kier alpha value is -2.57. The number of piperazine rings is 1. The summed E-state index contributed by atoms with van der Waals surface area (Å²) in [5.41, 5.74) is 1.00. The predicted molar refractivity (Wildman–Crippen MR) is 106 cm³/mol. The van der Waals surface area contributed by atoms with E-state index in [1.807, 2.05) is 49.1 Å². The molecule has 28 heavy (non-hydrogen) atoms. The third-order valence-corrected chi connectivity index (χ3v) is 5.34. The molecule has 0 unspecified atom stereocenters. The van der Waals surface area contributed by atoms with Crippen molar-refractivity contribution >= 4 is 17.8 Å². The molecule has 2 N–H and O–H groups in total. The number of nitrogens with zero attached hydrogens (tertiary/aromatic N) is 2. The van der Waals surface area contributed by atoms with Gasteiger partial charge in [0.05, 0.1) is 0 Å². The Morgan fingerprint density at radius 1 is 1.00 bits per heavy atom. The molecular formula is C21H30N4O3. The fraction of sp³-hybridized carbons (Fsp3) is 0.571. The Labute approximate surface area is 166 Å². The van der Waals surface area contributed by atoms with E-state index >= 15 is 0 Å². The molecule has 2 fully saturated rings. The molecule has 7 nitrogen and oxygen atoms in total. The van der Waals surface area contributed by atoms with Gasteiger partial charge in [0.2, 0.25) is 11.8 Å². The van der Waals surface area contributed by atoms with Crippen LogP contribution in [-0.2, 0) is 16.1 Å². The maximum Gasteiger partial charge on any atom is 0.315 e. The van der Waals surface area contributed by atoms with Crippen molar-refractivity contribution in [3.05, 3.63) is 35.9 Å². The lowest BCUT2D eigenvalue weighted by molar-refractivity contribution is -0.141. The smallest absolute Gasteiger partial charge is 0.315 e. The summed E-state index contributed by atoms with van der Waals surface area (Å²) >= 11 is 0. The van der Waals surface area contributed by atoms with Crippen LogP contribution >= 0.6 is 0 Å². The SMILES string of the molecule is CC(C)[C@@H](NC(=O)NCc1ccccc1)C(=O)N1CCN(C(=O)C2CC2)CC1. The van der Waals surface area contributed by atoms with Crippen LogP contribution in [0.4, 0.5) is 4.79 Å². The molecule has 3 rings (SSSR count). The Balaban J connectivity index is 1.49. The van der Waals surface area contributed by atoms with Gasteiger partial charge in [-0.3, -0.25) is 9.59 Å². The van der Waals surface area contributed by atoms with Crippen LogP contribution in [0.5, 0.6) is 0 Å². The molecule has 0 radical (unpaired) electrons. The van der Waals surface area contributed by atoms with Crippen molar-refractivity contribution in [1.29, 1.82) is 0 Å². The zero-order valence-corrected chi connectivity index (χ0v) is 16.7. The van der Waals surface area contributed by atoms with E-state index in [0.717, 1.165) is 18.4 Å². The van der Waals surface area contributed by atoms with Gasteiger partial charge >= 0.3 is 6.03 Å². The average Bonchev–Trinajstić information content (AvgIpc) is 3.55. The van der Waals surface area contributed by atoms with Crippen molar-refractivity contribution in [2.75, 3.05) is 26.2 Å². The number of urea groups is 1. The second-order valence-electron chi connectivity index (χ2n) is 7.96. The number of carbonyl (C=O) groups excluding carboxylic acids is 3. The predicted octanol–water partition coefficient (Wildman–Crippen LogP) is 1.59. The number of carbonyl (C=O) groups is 3. The number of nitrogens with one attached hydrogen (secondary N) is 2. The van der Waals surface area contributed by atoms with E-state index in [-0.39, 0.29) is 29.7 Å². The highest BCUT2D eigenvalue weighted by Gasteiger charge is 2.36. The normalized spacial score (nSPS) is 18.0. The van der Waals surface area contributed by atoms with Gasteiger partial charge in [-0.15, -0.1) is 0 Å². The second-order valence-corrected chi connectivity index (χ2v) is 7.96. The lowest BCUT2D eigenvalue weighted by atomic mass is 10.0. The van der Waals surface area contributed by atoms with E-state index in [1.165, 1.54) is 0 Å². The monoisotopic (exact) mass is 386 g/mol. The standard InChI is InChI=1S/C21H30N4O3/c1-15(2)18(23-21(28)22-14-16-6-4-3-5-7-16)20(27)25-12-10-24(11-13-25)19(26)17-8-9-17/h3-7,15,17-18H,8-14H2,1-2H3,(H2,22,23,28)/t18-/m1/s1. The van der Waals surface area contributed by atoms with Crippen LogP contribution in [0.15, 0.2) is 30.3 Å². The molecule has 1 saturated heterocycles. The molecule has 1 aliphatic carbocycles. The first-order valence-electron chi connectivity index (χ1n) is 10.1. The van der Waals surface area contributed by atoms with Crippen LogP contribution in [-0.4, -0.2) is 59.9 Å². The molecule has 2 aliphatic rings. The zero-order valence-electron chi connectivity index (χ0n) is 16.7. The van der Waals surface area contributed by atoms with Crippen LogP contribution < -0.4 is 10.6 Å². The van der Waals surface area contributed by atoms with Crippen molar-refractivity contribution in [3.8, 4) is 0 Å². The molecule has 4 amide bonds. The first-order chi connectivity index (χ1) is 13.5. The fourth-order valence-electron chi connectivity index (χ4n) is 3.42. The van der Waals surface area contributed by atoms with Crippen molar-refractivity contribution in [2.24, 2.45) is 11.8 Å². The molecule has 1 aromatic carbocycles. The van der Waals surface area contributed by atoms with Gasteiger partial charge in [0.15, 0.2) is 0 Å². The number of benzene rings is 1. The summed E-state index contributed by atoms with van der Waals surface area (Å²) in [5.74, 6) is 0.330. The lowest BCUT2D eigenvalue weighted by Gasteiger charge is -2.37. The minimum atomic E-state index is -0.582. The molecule has 0 aromatic heterocycles. The summed E-state index contributed by atoms with van der Waals surface area (Å²) in [4.78, 5) is 41.0. The van der Waals surface area contributed by atoms with Crippen LogP contribution in [0.1, 0.15) is 32.3 Å². The third-order valence-electron chi connectivity index (χ3n) is 5.34. The Kier molecular flexibility index (Phi) is 6.54. The van der Waals surface area contributed by atoms with Crippen molar-refractivity contribution in [3.63, 3.8) is 0 Å². The van der Waals surface area contributed by atoms with Gasteiger partial charge in [0.1, 0.15) is 6.04 Å². The molecule has 1 aliphatic heterocycles. The Morgan fingerprint density at radius 3 is 2.18 bits per heavy atom. The fourth-order valence-corrected chi connectivity index (χ4v) is 3.42. The van der Waals surface area contributed by atoms with Gasteiger partial charge in [0, 0.05) is 38.6 Å². The summed E-state index contributed by atoms with van der Waals surface area (Å²) < 4.78 is 0. The highest BCUT2D eigenvalue weighted by molar-refractivity contribution is 5.87. The Morgan fingerprint density at radius 2 is 1.61 bits per heavy atom. The van der Waals surface area contributed by atoms with E-state index < -0.39 is 6.04 Å². The van der Waals surface area contributed by atoms with Crippen LogP contribution in [0.3, 0.4) is 0 Å². The van der Waals surface area contributed by atoms with Crippen LogP contribution in [0.2, 0.25) is 0 Å². The first-order valence-corrected chi connectivity index (χ1v) is 10.1. The second kappa shape index (κ2) is 9.08. The molecule has 0 spiro atoms.